The molecule has 0 bridgehead atoms. The van der Waals surface area contributed by atoms with Crippen molar-refractivity contribution in [3.05, 3.63) is 42.1 Å². The molecule has 1 aromatic heterocycles. The van der Waals surface area contributed by atoms with Gasteiger partial charge in [-0.15, -0.1) is 0 Å². The lowest BCUT2D eigenvalue weighted by molar-refractivity contribution is -0.119. The number of hydrogen-bond acceptors (Lipinski definition) is 5. The maximum absolute atomic E-state index is 12.0. The number of carbonyl (C=O) groups is 1. The second kappa shape index (κ2) is 8.26. The van der Waals surface area contributed by atoms with Crippen LogP contribution in [-0.2, 0) is 9.53 Å². The van der Waals surface area contributed by atoms with E-state index in [0.29, 0.717) is 17.5 Å². The summed E-state index contributed by atoms with van der Waals surface area (Å²) in [5.74, 6) is 0.298. The third-order valence-electron chi connectivity index (χ3n) is 3.79. The molecule has 126 valence electrons. The molecule has 1 atom stereocenters. The van der Waals surface area contributed by atoms with E-state index in [9.17, 15) is 4.79 Å². The van der Waals surface area contributed by atoms with Crippen LogP contribution in [0.25, 0.3) is 11.3 Å². The van der Waals surface area contributed by atoms with Crippen molar-refractivity contribution in [2.24, 2.45) is 0 Å². The van der Waals surface area contributed by atoms with E-state index in [-0.39, 0.29) is 12.0 Å². The Morgan fingerprint density at radius 1 is 1.33 bits per heavy atom. The molecule has 24 heavy (non-hydrogen) atoms. The predicted octanol–water partition coefficient (Wildman–Crippen LogP) is 2.84. The zero-order valence-corrected chi connectivity index (χ0v) is 14.5. The fourth-order valence-electron chi connectivity index (χ4n) is 2.58. The number of nitrogens with one attached hydrogen (secondary N) is 1. The molecular formula is C18H21N3O2S. The molecule has 0 radical (unpaired) electrons. The molecule has 1 fully saturated rings. The third kappa shape index (κ3) is 4.79. The van der Waals surface area contributed by atoms with Crippen LogP contribution in [0.15, 0.2) is 41.6 Å². The maximum atomic E-state index is 12.0. The zero-order chi connectivity index (χ0) is 16.8. The van der Waals surface area contributed by atoms with Crippen LogP contribution < -0.4 is 5.32 Å². The molecule has 1 aromatic carbocycles. The molecule has 2 aromatic rings. The zero-order valence-electron chi connectivity index (χ0n) is 13.7. The number of aromatic nitrogens is 2. The standard InChI is InChI=1S/C18H21N3O2S/c1-13-10-16(14-6-3-2-4-7-14)21-18(20-13)24-12-17(22)19-11-15-8-5-9-23-15/h2-4,6-7,10,15H,5,8-9,11-12H2,1H3,(H,19,22)/t15-/m1/s1. The summed E-state index contributed by atoms with van der Waals surface area (Å²) in [5.41, 5.74) is 2.82. The van der Waals surface area contributed by atoms with E-state index >= 15 is 0 Å². The Morgan fingerprint density at radius 3 is 2.92 bits per heavy atom. The smallest absolute Gasteiger partial charge is 0.230 e. The fraction of sp³-hybridized carbons (Fsp3) is 0.389. The molecule has 1 amide bonds. The molecule has 1 N–H and O–H groups in total. The Morgan fingerprint density at radius 2 is 2.17 bits per heavy atom. The SMILES string of the molecule is Cc1cc(-c2ccccc2)nc(SCC(=O)NC[C@H]2CCCO2)n1. The minimum atomic E-state index is -0.0122. The number of ether oxygens (including phenoxy) is 1. The second-order valence-corrected chi connectivity index (χ2v) is 6.71. The highest BCUT2D eigenvalue weighted by Crippen LogP contribution is 2.21. The van der Waals surface area contributed by atoms with Crippen molar-refractivity contribution in [1.82, 2.24) is 15.3 Å². The molecule has 0 unspecified atom stereocenters. The number of thioether (sulfide) groups is 1. The molecule has 1 saturated heterocycles. The molecule has 0 saturated carbocycles. The van der Waals surface area contributed by atoms with E-state index in [1.54, 1.807) is 0 Å². The van der Waals surface area contributed by atoms with Gasteiger partial charge in [0.1, 0.15) is 0 Å². The van der Waals surface area contributed by atoms with Gasteiger partial charge < -0.3 is 10.1 Å². The van der Waals surface area contributed by atoms with E-state index < -0.39 is 0 Å². The third-order valence-corrected chi connectivity index (χ3v) is 4.63. The summed E-state index contributed by atoms with van der Waals surface area (Å²) in [6, 6.07) is 11.9. The number of rotatable bonds is 6. The molecule has 0 spiro atoms. The van der Waals surface area contributed by atoms with Crippen LogP contribution in [0, 0.1) is 6.92 Å². The van der Waals surface area contributed by atoms with Gasteiger partial charge in [0, 0.05) is 24.4 Å². The van der Waals surface area contributed by atoms with Gasteiger partial charge in [-0.3, -0.25) is 4.79 Å². The van der Waals surface area contributed by atoms with Crippen molar-refractivity contribution < 1.29 is 9.53 Å². The lowest BCUT2D eigenvalue weighted by Crippen LogP contribution is -2.32. The lowest BCUT2D eigenvalue weighted by atomic mass is 10.1. The van der Waals surface area contributed by atoms with E-state index in [1.165, 1.54) is 11.8 Å². The lowest BCUT2D eigenvalue weighted by Gasteiger charge is -2.10. The minimum absolute atomic E-state index is 0.0122. The number of amides is 1. The van der Waals surface area contributed by atoms with Crippen molar-refractivity contribution >= 4 is 17.7 Å². The Labute approximate surface area is 146 Å². The van der Waals surface area contributed by atoms with Crippen molar-refractivity contribution in [2.45, 2.75) is 31.0 Å². The molecular weight excluding hydrogens is 322 g/mol. The van der Waals surface area contributed by atoms with Crippen LogP contribution in [-0.4, -0.2) is 40.9 Å². The first-order chi connectivity index (χ1) is 11.7. The van der Waals surface area contributed by atoms with E-state index in [4.69, 9.17) is 4.74 Å². The van der Waals surface area contributed by atoms with E-state index in [1.807, 2.05) is 43.3 Å². The number of carbonyl (C=O) groups excluding carboxylic acids is 1. The summed E-state index contributed by atoms with van der Waals surface area (Å²) >= 11 is 1.36. The molecule has 6 heteroatoms. The maximum Gasteiger partial charge on any atom is 0.230 e. The van der Waals surface area contributed by atoms with Crippen LogP contribution in [0.3, 0.4) is 0 Å². The van der Waals surface area contributed by atoms with Crippen molar-refractivity contribution in [2.75, 3.05) is 18.9 Å². The van der Waals surface area contributed by atoms with Gasteiger partial charge in [-0.1, -0.05) is 42.1 Å². The topological polar surface area (TPSA) is 64.1 Å². The van der Waals surface area contributed by atoms with Gasteiger partial charge in [0.15, 0.2) is 5.16 Å². The normalized spacial score (nSPS) is 17.0. The molecule has 1 aliphatic heterocycles. The first-order valence-electron chi connectivity index (χ1n) is 8.13. The summed E-state index contributed by atoms with van der Waals surface area (Å²) in [6.45, 7) is 3.33. The Balaban J connectivity index is 1.56. The Bertz CT molecular complexity index is 688. The van der Waals surface area contributed by atoms with Gasteiger partial charge in [-0.2, -0.15) is 0 Å². The summed E-state index contributed by atoms with van der Waals surface area (Å²) in [4.78, 5) is 20.9. The van der Waals surface area contributed by atoms with Gasteiger partial charge in [-0.05, 0) is 25.8 Å². The molecule has 2 heterocycles. The largest absolute Gasteiger partial charge is 0.376 e. The summed E-state index contributed by atoms with van der Waals surface area (Å²) < 4.78 is 5.50. The average Bonchev–Trinajstić information content (AvgIpc) is 3.12. The van der Waals surface area contributed by atoms with Crippen LogP contribution in [0.5, 0.6) is 0 Å². The monoisotopic (exact) mass is 343 g/mol. The quantitative estimate of drug-likeness (QED) is 0.645. The van der Waals surface area contributed by atoms with Gasteiger partial charge in [0.25, 0.3) is 0 Å². The number of nitrogens with zero attached hydrogens (tertiary/aromatic N) is 2. The highest BCUT2D eigenvalue weighted by Gasteiger charge is 2.16. The first-order valence-corrected chi connectivity index (χ1v) is 9.11. The minimum Gasteiger partial charge on any atom is -0.376 e. The Hall–Kier alpha value is -1.92. The highest BCUT2D eigenvalue weighted by atomic mass is 32.2. The number of benzene rings is 1. The molecule has 3 rings (SSSR count). The van der Waals surface area contributed by atoms with Crippen LogP contribution in [0.1, 0.15) is 18.5 Å². The van der Waals surface area contributed by atoms with Crippen molar-refractivity contribution in [3.8, 4) is 11.3 Å². The van der Waals surface area contributed by atoms with Gasteiger partial charge in [0.2, 0.25) is 5.91 Å². The van der Waals surface area contributed by atoms with Crippen LogP contribution in [0.2, 0.25) is 0 Å². The Kier molecular flexibility index (Phi) is 5.82. The van der Waals surface area contributed by atoms with Crippen molar-refractivity contribution in [3.63, 3.8) is 0 Å². The summed E-state index contributed by atoms with van der Waals surface area (Å²) in [7, 11) is 0. The van der Waals surface area contributed by atoms with E-state index in [2.05, 4.69) is 15.3 Å². The van der Waals surface area contributed by atoms with Gasteiger partial charge >= 0.3 is 0 Å². The first kappa shape index (κ1) is 16.9. The summed E-state index contributed by atoms with van der Waals surface area (Å²) in [6.07, 6.45) is 2.27. The van der Waals surface area contributed by atoms with Gasteiger partial charge in [-0.25, -0.2) is 9.97 Å². The van der Waals surface area contributed by atoms with Crippen LogP contribution >= 0.6 is 11.8 Å². The highest BCUT2D eigenvalue weighted by molar-refractivity contribution is 7.99. The average molecular weight is 343 g/mol. The molecule has 5 nitrogen and oxygen atoms in total. The van der Waals surface area contributed by atoms with E-state index in [0.717, 1.165) is 36.4 Å². The number of hydrogen-bond donors (Lipinski definition) is 1. The van der Waals surface area contributed by atoms with Gasteiger partial charge in [0.05, 0.1) is 17.6 Å². The second-order valence-electron chi connectivity index (χ2n) is 5.77. The number of aryl methyl sites for hydroxylation is 1. The predicted molar refractivity (Wildman–Crippen MR) is 94.9 cm³/mol. The van der Waals surface area contributed by atoms with Crippen molar-refractivity contribution in [1.29, 1.82) is 0 Å². The van der Waals surface area contributed by atoms with Crippen LogP contribution in [0.4, 0.5) is 0 Å². The fourth-order valence-corrected chi connectivity index (χ4v) is 3.31. The molecule has 0 aliphatic carbocycles. The summed E-state index contributed by atoms with van der Waals surface area (Å²) in [5, 5.41) is 3.54. The molecule has 1 aliphatic rings.